The predicted octanol–water partition coefficient (Wildman–Crippen LogP) is 2.57. The SMILES string of the molecule is O=C(Nc1ccccc1N1CCNCC1)c1csc(Br)n1. The molecule has 1 saturated heterocycles. The van der Waals surface area contributed by atoms with Gasteiger partial charge in [0.25, 0.3) is 5.91 Å². The third-order valence-electron chi connectivity index (χ3n) is 3.32. The molecule has 0 unspecified atom stereocenters. The van der Waals surface area contributed by atoms with Crippen LogP contribution in [0.2, 0.25) is 0 Å². The predicted molar refractivity (Wildman–Crippen MR) is 89.3 cm³/mol. The fourth-order valence-corrected chi connectivity index (χ4v) is 3.29. The lowest BCUT2D eigenvalue weighted by Crippen LogP contribution is -2.43. The molecule has 1 aromatic heterocycles. The molecule has 0 aliphatic carbocycles. The lowest BCUT2D eigenvalue weighted by atomic mass is 10.2. The van der Waals surface area contributed by atoms with Gasteiger partial charge in [0.2, 0.25) is 0 Å². The molecule has 0 atom stereocenters. The molecule has 1 aromatic carbocycles. The number of anilines is 2. The number of aromatic nitrogens is 1. The Morgan fingerprint density at radius 2 is 2.10 bits per heavy atom. The Balaban J connectivity index is 1.80. The first-order valence-corrected chi connectivity index (χ1v) is 8.38. The molecule has 3 rings (SSSR count). The summed E-state index contributed by atoms with van der Waals surface area (Å²) in [5.41, 5.74) is 2.32. The molecule has 0 saturated carbocycles. The minimum atomic E-state index is -0.181. The van der Waals surface area contributed by atoms with E-state index in [1.807, 2.05) is 24.3 Å². The van der Waals surface area contributed by atoms with Crippen LogP contribution in [0.3, 0.4) is 0 Å². The van der Waals surface area contributed by atoms with Gasteiger partial charge in [-0.05, 0) is 28.1 Å². The van der Waals surface area contributed by atoms with Crippen LogP contribution in [0.25, 0.3) is 0 Å². The van der Waals surface area contributed by atoms with Crippen LogP contribution < -0.4 is 15.5 Å². The number of nitrogens with one attached hydrogen (secondary N) is 2. The monoisotopic (exact) mass is 366 g/mol. The van der Waals surface area contributed by atoms with E-state index < -0.39 is 0 Å². The highest BCUT2D eigenvalue weighted by Crippen LogP contribution is 2.26. The van der Waals surface area contributed by atoms with Crippen LogP contribution in [0, 0.1) is 0 Å². The average molecular weight is 367 g/mol. The fourth-order valence-electron chi connectivity index (χ4n) is 2.30. The first kappa shape index (κ1) is 14.5. The number of para-hydroxylation sites is 2. The highest BCUT2D eigenvalue weighted by Gasteiger charge is 2.16. The number of hydrogen-bond acceptors (Lipinski definition) is 5. The highest BCUT2D eigenvalue weighted by molar-refractivity contribution is 9.11. The van der Waals surface area contributed by atoms with E-state index in [0.717, 1.165) is 37.6 Å². The second-order valence-electron chi connectivity index (χ2n) is 4.69. The Kier molecular flexibility index (Phi) is 4.52. The number of piperazine rings is 1. The molecule has 0 radical (unpaired) electrons. The Bertz CT molecular complexity index is 639. The van der Waals surface area contributed by atoms with Gasteiger partial charge in [-0.15, -0.1) is 11.3 Å². The van der Waals surface area contributed by atoms with E-state index in [4.69, 9.17) is 0 Å². The van der Waals surface area contributed by atoms with Gasteiger partial charge < -0.3 is 15.5 Å². The third kappa shape index (κ3) is 3.42. The van der Waals surface area contributed by atoms with E-state index in [2.05, 4.69) is 36.4 Å². The number of halogens is 1. The van der Waals surface area contributed by atoms with Crippen LogP contribution in [0.5, 0.6) is 0 Å². The Hall–Kier alpha value is -1.44. The van der Waals surface area contributed by atoms with Crippen molar-refractivity contribution in [3.05, 3.63) is 39.3 Å². The zero-order valence-electron chi connectivity index (χ0n) is 11.3. The zero-order chi connectivity index (χ0) is 14.7. The quantitative estimate of drug-likeness (QED) is 0.876. The number of nitrogens with zero attached hydrogens (tertiary/aromatic N) is 2. The first-order valence-electron chi connectivity index (χ1n) is 6.71. The summed E-state index contributed by atoms with van der Waals surface area (Å²) >= 11 is 4.68. The Morgan fingerprint density at radius 3 is 2.81 bits per heavy atom. The van der Waals surface area contributed by atoms with Gasteiger partial charge in [-0.25, -0.2) is 4.98 Å². The van der Waals surface area contributed by atoms with Crippen molar-refractivity contribution in [2.45, 2.75) is 0 Å². The van der Waals surface area contributed by atoms with E-state index in [9.17, 15) is 4.79 Å². The van der Waals surface area contributed by atoms with E-state index in [-0.39, 0.29) is 5.91 Å². The lowest BCUT2D eigenvalue weighted by Gasteiger charge is -2.31. The summed E-state index contributed by atoms with van der Waals surface area (Å²) in [4.78, 5) is 18.7. The van der Waals surface area contributed by atoms with Crippen LogP contribution in [0.1, 0.15) is 10.5 Å². The molecule has 7 heteroatoms. The van der Waals surface area contributed by atoms with Crippen molar-refractivity contribution < 1.29 is 4.79 Å². The van der Waals surface area contributed by atoms with Gasteiger partial charge in [0.1, 0.15) is 5.69 Å². The van der Waals surface area contributed by atoms with Gasteiger partial charge in [-0.2, -0.15) is 0 Å². The fraction of sp³-hybridized carbons (Fsp3) is 0.286. The van der Waals surface area contributed by atoms with Crippen LogP contribution in [0.4, 0.5) is 11.4 Å². The summed E-state index contributed by atoms with van der Waals surface area (Å²) in [5.74, 6) is -0.181. The summed E-state index contributed by atoms with van der Waals surface area (Å²) in [7, 11) is 0. The molecule has 2 aromatic rings. The van der Waals surface area contributed by atoms with Crippen LogP contribution in [-0.4, -0.2) is 37.1 Å². The normalized spacial score (nSPS) is 15.0. The van der Waals surface area contributed by atoms with Crippen molar-refractivity contribution >= 4 is 44.5 Å². The van der Waals surface area contributed by atoms with Crippen molar-refractivity contribution in [1.29, 1.82) is 0 Å². The minimum Gasteiger partial charge on any atom is -0.367 e. The van der Waals surface area contributed by atoms with Gasteiger partial charge in [0, 0.05) is 31.6 Å². The third-order valence-corrected chi connectivity index (χ3v) is 4.68. The second kappa shape index (κ2) is 6.55. The van der Waals surface area contributed by atoms with Gasteiger partial charge in [0.05, 0.1) is 11.4 Å². The van der Waals surface area contributed by atoms with Crippen LogP contribution in [-0.2, 0) is 0 Å². The van der Waals surface area contributed by atoms with E-state index in [1.165, 1.54) is 11.3 Å². The number of thiazole rings is 1. The van der Waals surface area contributed by atoms with Crippen LogP contribution >= 0.6 is 27.3 Å². The molecule has 5 nitrogen and oxygen atoms in total. The summed E-state index contributed by atoms with van der Waals surface area (Å²) in [6.07, 6.45) is 0. The molecule has 110 valence electrons. The second-order valence-corrected chi connectivity index (χ2v) is 6.83. The van der Waals surface area contributed by atoms with Crippen molar-refractivity contribution in [2.24, 2.45) is 0 Å². The van der Waals surface area contributed by atoms with E-state index in [0.29, 0.717) is 9.61 Å². The molecular formula is C14H15BrN4OS. The topological polar surface area (TPSA) is 57.3 Å². The molecule has 2 N–H and O–H groups in total. The van der Waals surface area contributed by atoms with Crippen molar-refractivity contribution in [3.63, 3.8) is 0 Å². The standard InChI is InChI=1S/C14H15BrN4OS/c15-14-18-11(9-21-14)13(20)17-10-3-1-2-4-12(10)19-7-5-16-6-8-19/h1-4,9,16H,5-8H2,(H,17,20). The highest BCUT2D eigenvalue weighted by atomic mass is 79.9. The smallest absolute Gasteiger partial charge is 0.275 e. The molecule has 0 bridgehead atoms. The lowest BCUT2D eigenvalue weighted by molar-refractivity contribution is 0.102. The number of carbonyl (C=O) groups excluding carboxylic acids is 1. The molecule has 1 aliphatic heterocycles. The minimum absolute atomic E-state index is 0.181. The molecular weight excluding hydrogens is 352 g/mol. The molecule has 1 amide bonds. The van der Waals surface area contributed by atoms with Gasteiger partial charge in [-0.3, -0.25) is 4.79 Å². The molecule has 1 aliphatic rings. The molecule has 2 heterocycles. The number of rotatable bonds is 3. The van der Waals surface area contributed by atoms with Crippen molar-refractivity contribution in [2.75, 3.05) is 36.4 Å². The Morgan fingerprint density at radius 1 is 1.33 bits per heavy atom. The van der Waals surface area contributed by atoms with Crippen LogP contribution in [0.15, 0.2) is 33.6 Å². The maximum atomic E-state index is 12.2. The summed E-state index contributed by atoms with van der Waals surface area (Å²) in [6, 6.07) is 7.89. The number of hydrogen-bond donors (Lipinski definition) is 2. The van der Waals surface area contributed by atoms with Gasteiger partial charge in [-0.1, -0.05) is 12.1 Å². The van der Waals surface area contributed by atoms with E-state index >= 15 is 0 Å². The van der Waals surface area contributed by atoms with Crippen molar-refractivity contribution in [1.82, 2.24) is 10.3 Å². The number of benzene rings is 1. The maximum Gasteiger partial charge on any atom is 0.275 e. The first-order chi connectivity index (χ1) is 10.2. The number of amides is 1. The maximum absolute atomic E-state index is 12.2. The summed E-state index contributed by atoms with van der Waals surface area (Å²) in [5, 5.41) is 8.03. The van der Waals surface area contributed by atoms with E-state index in [1.54, 1.807) is 5.38 Å². The molecule has 1 fully saturated rings. The molecule has 0 spiro atoms. The summed E-state index contributed by atoms with van der Waals surface area (Å²) in [6.45, 7) is 3.80. The Labute approximate surface area is 135 Å². The number of carbonyl (C=O) groups is 1. The van der Waals surface area contributed by atoms with Gasteiger partial charge in [0.15, 0.2) is 3.92 Å². The molecule has 21 heavy (non-hydrogen) atoms. The average Bonchev–Trinajstić information content (AvgIpc) is 2.95. The largest absolute Gasteiger partial charge is 0.367 e. The zero-order valence-corrected chi connectivity index (χ0v) is 13.7. The summed E-state index contributed by atoms with van der Waals surface area (Å²) < 4.78 is 0.711. The van der Waals surface area contributed by atoms with Gasteiger partial charge >= 0.3 is 0 Å². The van der Waals surface area contributed by atoms with Crippen molar-refractivity contribution in [3.8, 4) is 0 Å².